The summed E-state index contributed by atoms with van der Waals surface area (Å²) in [5.74, 6) is 5.35. The van der Waals surface area contributed by atoms with Gasteiger partial charge >= 0.3 is 0 Å². The Hall–Kier alpha value is -3.46. The van der Waals surface area contributed by atoms with Crippen molar-refractivity contribution in [3.63, 3.8) is 0 Å². The fourth-order valence-corrected chi connectivity index (χ4v) is 5.87. The molecule has 208 valence electrons. The van der Waals surface area contributed by atoms with Crippen LogP contribution < -0.4 is 16.3 Å². The lowest BCUT2D eigenvalue weighted by atomic mass is 9.71. The zero-order chi connectivity index (χ0) is 28.4. The van der Waals surface area contributed by atoms with E-state index in [1.807, 2.05) is 36.1 Å². The third-order valence-corrected chi connectivity index (χ3v) is 8.13. The predicted molar refractivity (Wildman–Crippen MR) is 151 cm³/mol. The molecule has 1 atom stereocenters. The van der Waals surface area contributed by atoms with E-state index >= 15 is 0 Å². The quantitative estimate of drug-likeness (QED) is 0.167. The molecule has 4 N–H and O–H groups in total. The highest BCUT2D eigenvalue weighted by molar-refractivity contribution is 6.30. The number of rotatable bonds is 5. The first-order chi connectivity index (χ1) is 18.4. The molecule has 1 fully saturated rings. The third kappa shape index (κ3) is 6.58. The van der Waals surface area contributed by atoms with Crippen LogP contribution in [0.5, 0.6) is 5.75 Å². The van der Waals surface area contributed by atoms with Crippen LogP contribution in [0, 0.1) is 11.3 Å². The molecule has 2 aromatic rings. The molecule has 1 aliphatic heterocycles. The number of nitrogens with two attached hydrogens (primary N) is 2. The summed E-state index contributed by atoms with van der Waals surface area (Å²) in [6, 6.07) is 12.6. The first kappa shape index (κ1) is 28.5. The van der Waals surface area contributed by atoms with Gasteiger partial charge in [-0.05, 0) is 79.8 Å². The minimum absolute atomic E-state index is 0.0429. The molecule has 10 heteroatoms. The van der Waals surface area contributed by atoms with Crippen LogP contribution in [-0.4, -0.2) is 34.3 Å². The summed E-state index contributed by atoms with van der Waals surface area (Å²) in [6.07, 6.45) is 4.46. The van der Waals surface area contributed by atoms with Crippen LogP contribution in [0.25, 0.3) is 0 Å². The molecule has 39 heavy (non-hydrogen) atoms. The molecule has 2 amide bonds. The van der Waals surface area contributed by atoms with Gasteiger partial charge in [0, 0.05) is 35.2 Å². The highest BCUT2D eigenvalue weighted by Crippen LogP contribution is 2.42. The summed E-state index contributed by atoms with van der Waals surface area (Å²) in [6.45, 7) is 9.13. The number of aliphatic imine (C=N–C) groups is 1. The van der Waals surface area contributed by atoms with Gasteiger partial charge < -0.3 is 21.2 Å². The van der Waals surface area contributed by atoms with Crippen LogP contribution in [-0.2, 0) is 17.8 Å². The van der Waals surface area contributed by atoms with Gasteiger partial charge in [0.05, 0.1) is 0 Å². The van der Waals surface area contributed by atoms with E-state index in [1.165, 1.54) is 0 Å². The largest absolute Gasteiger partial charge is 0.477 e. The molecule has 9 nitrogen and oxygen atoms in total. The average molecular weight is 553 g/mol. The molecular weight excluding hydrogens is 516 g/mol. The van der Waals surface area contributed by atoms with Crippen LogP contribution >= 0.6 is 11.6 Å². The van der Waals surface area contributed by atoms with Crippen molar-refractivity contribution in [1.82, 2.24) is 4.90 Å². The first-order valence-corrected chi connectivity index (χ1v) is 13.6. The monoisotopic (exact) mass is 552 g/mol. The Morgan fingerprint density at radius 3 is 2.38 bits per heavy atom. The molecule has 0 saturated heterocycles. The van der Waals surface area contributed by atoms with E-state index in [4.69, 9.17) is 27.9 Å². The van der Waals surface area contributed by atoms with Crippen molar-refractivity contribution in [2.45, 2.75) is 78.0 Å². The second-order valence-electron chi connectivity index (χ2n) is 11.8. The van der Waals surface area contributed by atoms with E-state index in [1.54, 1.807) is 18.2 Å². The summed E-state index contributed by atoms with van der Waals surface area (Å²) in [7, 11) is 0. The number of ether oxygens (including phenoxy) is 1. The normalized spacial score (nSPS) is 23.4. The smallest absolute Gasteiger partial charge is 0.280 e. The second-order valence-corrected chi connectivity index (χ2v) is 12.2. The van der Waals surface area contributed by atoms with E-state index in [2.05, 4.69) is 36.1 Å². The standard InChI is InChI=1S/C29H37ClN6O3/c1-28(2,3)21-9-12-23(13-10-21)36(26(38)29(4)16-20-15-22(30)11-14-24(20)39-29)17-18-5-7-19(8-6-18)25(37)33-27(31)34-35-32/h5-8,11,14-15,21,23H,9-10,12-13,16-17H2,1-4H3,(H4,31,32,33,34,37). The Balaban J connectivity index is 1.56. The number of fused-ring (bicyclic) bond motifs is 1. The van der Waals surface area contributed by atoms with Crippen molar-refractivity contribution >= 4 is 29.4 Å². The molecule has 0 spiro atoms. The van der Waals surface area contributed by atoms with Gasteiger partial charge in [-0.25, -0.2) is 0 Å². The molecule has 4 rings (SSSR count). The Labute approximate surface area is 234 Å². The molecule has 2 aromatic carbocycles. The topological polar surface area (TPSA) is 136 Å². The molecule has 1 saturated carbocycles. The summed E-state index contributed by atoms with van der Waals surface area (Å²) in [5, 5.41) is 7.00. The molecule has 0 radical (unpaired) electrons. The lowest BCUT2D eigenvalue weighted by Crippen LogP contribution is -2.54. The highest BCUT2D eigenvalue weighted by Gasteiger charge is 2.46. The van der Waals surface area contributed by atoms with Crippen molar-refractivity contribution in [2.75, 3.05) is 0 Å². The van der Waals surface area contributed by atoms with Crippen molar-refractivity contribution in [3.8, 4) is 5.75 Å². The number of carbonyl (C=O) groups is 2. The molecule has 1 unspecified atom stereocenters. The first-order valence-electron chi connectivity index (χ1n) is 13.3. The lowest BCUT2D eigenvalue weighted by molar-refractivity contribution is -0.150. The minimum atomic E-state index is -1.02. The van der Waals surface area contributed by atoms with Gasteiger partial charge in [-0.3, -0.25) is 9.59 Å². The Kier molecular flexibility index (Phi) is 8.30. The maximum atomic E-state index is 14.2. The number of carbonyl (C=O) groups excluding carboxylic acids is 2. The maximum absolute atomic E-state index is 14.2. The van der Waals surface area contributed by atoms with Crippen LogP contribution in [0.2, 0.25) is 5.02 Å². The zero-order valence-corrected chi connectivity index (χ0v) is 23.7. The lowest BCUT2D eigenvalue weighted by Gasteiger charge is -2.43. The van der Waals surface area contributed by atoms with Crippen LogP contribution in [0.4, 0.5) is 0 Å². The highest BCUT2D eigenvalue weighted by atomic mass is 35.5. The summed E-state index contributed by atoms with van der Waals surface area (Å²) < 4.78 is 6.26. The predicted octanol–water partition coefficient (Wildman–Crippen LogP) is 5.45. The van der Waals surface area contributed by atoms with E-state index < -0.39 is 11.5 Å². The van der Waals surface area contributed by atoms with E-state index in [9.17, 15) is 9.59 Å². The van der Waals surface area contributed by atoms with Crippen molar-refractivity contribution in [3.05, 3.63) is 64.2 Å². The summed E-state index contributed by atoms with van der Waals surface area (Å²) in [4.78, 5) is 32.2. The van der Waals surface area contributed by atoms with Crippen LogP contribution in [0.1, 0.15) is 74.9 Å². The fourth-order valence-electron chi connectivity index (χ4n) is 5.67. The average Bonchev–Trinajstić information content (AvgIpc) is 3.23. The molecule has 0 aromatic heterocycles. The molecule has 0 bridgehead atoms. The van der Waals surface area contributed by atoms with E-state index in [0.29, 0.717) is 35.2 Å². The summed E-state index contributed by atoms with van der Waals surface area (Å²) in [5.41, 5.74) is 6.91. The third-order valence-electron chi connectivity index (χ3n) is 7.89. The Bertz CT molecular complexity index is 1280. The van der Waals surface area contributed by atoms with Gasteiger partial charge in [0.2, 0.25) is 5.96 Å². The minimum Gasteiger partial charge on any atom is -0.477 e. The van der Waals surface area contributed by atoms with E-state index in [-0.39, 0.29) is 23.3 Å². The van der Waals surface area contributed by atoms with Gasteiger partial charge in [0.25, 0.3) is 11.8 Å². The van der Waals surface area contributed by atoms with Gasteiger partial charge in [0.1, 0.15) is 5.75 Å². The van der Waals surface area contributed by atoms with Gasteiger partial charge in [-0.2, -0.15) is 4.99 Å². The molecular formula is C29H37ClN6O3. The Morgan fingerprint density at radius 2 is 1.77 bits per heavy atom. The number of guanidine groups is 1. The van der Waals surface area contributed by atoms with Crippen molar-refractivity contribution in [2.24, 2.45) is 38.2 Å². The zero-order valence-electron chi connectivity index (χ0n) is 23.0. The number of hydrogen-bond donors (Lipinski definition) is 2. The van der Waals surface area contributed by atoms with E-state index in [0.717, 1.165) is 36.8 Å². The number of benzene rings is 2. The van der Waals surface area contributed by atoms with Gasteiger partial charge in [0.15, 0.2) is 5.60 Å². The van der Waals surface area contributed by atoms with Gasteiger partial charge in [-0.1, -0.05) is 54.8 Å². The van der Waals surface area contributed by atoms with Gasteiger partial charge in [-0.15, -0.1) is 0 Å². The van der Waals surface area contributed by atoms with Crippen molar-refractivity contribution in [1.29, 1.82) is 0 Å². The number of amides is 2. The number of halogens is 1. The van der Waals surface area contributed by atoms with Crippen molar-refractivity contribution < 1.29 is 14.3 Å². The molecule has 1 heterocycles. The molecule has 2 aliphatic rings. The SMILES string of the molecule is CC1(C(=O)N(Cc2ccc(C(=O)N=C(N)/N=N\N)cc2)C2CCC(C(C)(C)C)CC2)Cc2cc(Cl)ccc2O1. The maximum Gasteiger partial charge on any atom is 0.280 e. The molecule has 1 aliphatic carbocycles. The van der Waals surface area contributed by atoms with Crippen LogP contribution in [0.3, 0.4) is 0 Å². The Morgan fingerprint density at radius 1 is 1.10 bits per heavy atom. The van der Waals surface area contributed by atoms with Crippen LogP contribution in [0.15, 0.2) is 57.8 Å². The summed E-state index contributed by atoms with van der Waals surface area (Å²) >= 11 is 6.21. The number of hydrogen-bond acceptors (Lipinski definition) is 4. The second kappa shape index (κ2) is 11.3. The fraction of sp³-hybridized carbons (Fsp3) is 0.483. The number of nitrogens with zero attached hydrogens (tertiary/aromatic N) is 4.